The Kier molecular flexibility index (Phi) is 6.42. The lowest BCUT2D eigenvalue weighted by molar-refractivity contribution is 0.0697. The molecule has 0 aliphatic rings. The second-order valence-corrected chi connectivity index (χ2v) is 6.81. The van der Waals surface area contributed by atoms with E-state index in [2.05, 4.69) is 0 Å². The predicted octanol–water partition coefficient (Wildman–Crippen LogP) is 2.08. The van der Waals surface area contributed by atoms with Crippen LogP contribution in [-0.2, 0) is 10.0 Å². The fourth-order valence-electron chi connectivity index (χ4n) is 1.76. The minimum Gasteiger partial charge on any atom is -0.478 e. The van der Waals surface area contributed by atoms with Crippen LogP contribution in [0.15, 0.2) is 17.0 Å². The number of hydrogen-bond donors (Lipinski definition) is 2. The summed E-state index contributed by atoms with van der Waals surface area (Å²) in [5, 5.41) is 17.3. The van der Waals surface area contributed by atoms with Crippen molar-refractivity contribution in [2.45, 2.75) is 18.2 Å². The van der Waals surface area contributed by atoms with E-state index in [1.807, 2.05) is 0 Å². The van der Waals surface area contributed by atoms with Crippen molar-refractivity contribution in [3.63, 3.8) is 0 Å². The van der Waals surface area contributed by atoms with Crippen LogP contribution in [-0.4, -0.2) is 48.6 Å². The molecule has 0 spiro atoms. The van der Waals surface area contributed by atoms with Gasteiger partial charge in [-0.25, -0.2) is 13.2 Å². The van der Waals surface area contributed by atoms with E-state index in [1.54, 1.807) is 6.92 Å². The van der Waals surface area contributed by atoms with Gasteiger partial charge in [-0.1, -0.05) is 30.1 Å². The van der Waals surface area contributed by atoms with Crippen LogP contribution in [0.1, 0.15) is 23.7 Å². The summed E-state index contributed by atoms with van der Waals surface area (Å²) in [6, 6.07) is 2.36. The number of nitrogens with zero attached hydrogens (tertiary/aromatic N) is 1. The summed E-state index contributed by atoms with van der Waals surface area (Å²) in [6.07, 6.45) is 0.268. The van der Waals surface area contributed by atoms with Gasteiger partial charge in [0.05, 0.1) is 15.6 Å². The van der Waals surface area contributed by atoms with E-state index >= 15 is 0 Å². The molecule has 0 atom stereocenters. The van der Waals surface area contributed by atoms with Crippen LogP contribution in [0.5, 0.6) is 0 Å². The number of sulfonamides is 1. The Labute approximate surface area is 132 Å². The van der Waals surface area contributed by atoms with Crippen molar-refractivity contribution in [1.29, 1.82) is 0 Å². The molecule has 1 rings (SSSR count). The van der Waals surface area contributed by atoms with E-state index < -0.39 is 26.6 Å². The molecule has 0 aliphatic carbocycles. The number of hydrogen-bond acceptors (Lipinski definition) is 4. The van der Waals surface area contributed by atoms with Crippen molar-refractivity contribution >= 4 is 39.2 Å². The fourth-order valence-corrected chi connectivity index (χ4v) is 4.14. The molecule has 0 radical (unpaired) electrons. The number of carbonyl (C=O) groups is 1. The fraction of sp³-hybridized carbons (Fsp3) is 0.417. The number of carboxylic acids is 1. The maximum absolute atomic E-state index is 12.5. The lowest BCUT2D eigenvalue weighted by atomic mass is 10.2. The Morgan fingerprint density at radius 1 is 1.33 bits per heavy atom. The van der Waals surface area contributed by atoms with Gasteiger partial charge in [0.2, 0.25) is 10.0 Å². The smallest absolute Gasteiger partial charge is 0.338 e. The average molecular weight is 356 g/mol. The standard InChI is InChI=1S/C12H15Cl2NO5S/c1-2-15(6-3-7-16)21(19,20)9-5-4-8(13)10(11(9)14)12(17)18/h4-5,16H,2-3,6-7H2,1H3,(H,17,18). The molecule has 118 valence electrons. The third-order valence-electron chi connectivity index (χ3n) is 2.81. The van der Waals surface area contributed by atoms with E-state index in [0.717, 1.165) is 4.31 Å². The van der Waals surface area contributed by atoms with Crippen LogP contribution in [0.2, 0.25) is 10.0 Å². The second kappa shape index (κ2) is 7.42. The molecular weight excluding hydrogens is 341 g/mol. The summed E-state index contributed by atoms with van der Waals surface area (Å²) in [7, 11) is -3.96. The highest BCUT2D eigenvalue weighted by Crippen LogP contribution is 2.32. The molecule has 0 bridgehead atoms. The largest absolute Gasteiger partial charge is 0.478 e. The average Bonchev–Trinajstić information content (AvgIpc) is 2.38. The second-order valence-electron chi connectivity index (χ2n) is 4.11. The molecule has 9 heteroatoms. The highest BCUT2D eigenvalue weighted by atomic mass is 35.5. The summed E-state index contributed by atoms with van der Waals surface area (Å²) >= 11 is 11.6. The van der Waals surface area contributed by atoms with E-state index in [1.165, 1.54) is 12.1 Å². The van der Waals surface area contributed by atoms with Crippen LogP contribution in [0.3, 0.4) is 0 Å². The Morgan fingerprint density at radius 3 is 2.43 bits per heavy atom. The first kappa shape index (κ1) is 18.2. The van der Waals surface area contributed by atoms with Gasteiger partial charge in [-0.2, -0.15) is 4.31 Å². The summed E-state index contributed by atoms with van der Waals surface area (Å²) in [5.74, 6) is -1.40. The number of aliphatic hydroxyl groups is 1. The number of halogens is 2. The minimum absolute atomic E-state index is 0.108. The molecule has 0 aromatic heterocycles. The van der Waals surface area contributed by atoms with Crippen molar-refractivity contribution in [3.8, 4) is 0 Å². The molecule has 0 saturated heterocycles. The molecule has 0 fully saturated rings. The van der Waals surface area contributed by atoms with E-state index in [4.69, 9.17) is 33.4 Å². The normalized spacial score (nSPS) is 11.9. The molecule has 0 aliphatic heterocycles. The Bertz CT molecular complexity index is 633. The number of benzene rings is 1. The summed E-state index contributed by atoms with van der Waals surface area (Å²) < 4.78 is 26.1. The number of carboxylic acid groups (broad SMARTS) is 1. The highest BCUT2D eigenvalue weighted by Gasteiger charge is 2.29. The maximum atomic E-state index is 12.5. The summed E-state index contributed by atoms with van der Waals surface area (Å²) in [5.41, 5.74) is -0.447. The SMILES string of the molecule is CCN(CCCO)S(=O)(=O)c1ccc(Cl)c(C(=O)O)c1Cl. The lowest BCUT2D eigenvalue weighted by Crippen LogP contribution is -2.32. The van der Waals surface area contributed by atoms with Crippen LogP contribution in [0.25, 0.3) is 0 Å². The van der Waals surface area contributed by atoms with Crippen molar-refractivity contribution in [2.75, 3.05) is 19.7 Å². The number of aromatic carboxylic acids is 1. The van der Waals surface area contributed by atoms with Gasteiger partial charge in [-0.15, -0.1) is 0 Å². The van der Waals surface area contributed by atoms with Gasteiger partial charge in [0, 0.05) is 19.7 Å². The maximum Gasteiger partial charge on any atom is 0.338 e. The zero-order valence-corrected chi connectivity index (χ0v) is 13.5. The zero-order chi connectivity index (χ0) is 16.2. The lowest BCUT2D eigenvalue weighted by Gasteiger charge is -2.21. The van der Waals surface area contributed by atoms with Gasteiger partial charge >= 0.3 is 5.97 Å². The van der Waals surface area contributed by atoms with E-state index in [-0.39, 0.29) is 36.0 Å². The van der Waals surface area contributed by atoms with Gasteiger partial charge in [0.1, 0.15) is 4.90 Å². The molecule has 0 amide bonds. The summed E-state index contributed by atoms with van der Waals surface area (Å²) in [6.45, 7) is 1.76. The first-order valence-corrected chi connectivity index (χ1v) is 8.29. The molecule has 0 unspecified atom stereocenters. The van der Waals surface area contributed by atoms with Gasteiger partial charge in [0.15, 0.2) is 0 Å². The van der Waals surface area contributed by atoms with Crippen LogP contribution in [0.4, 0.5) is 0 Å². The molecular formula is C12H15Cl2NO5S. The highest BCUT2D eigenvalue weighted by molar-refractivity contribution is 7.89. The Hall–Kier alpha value is -0.860. The van der Waals surface area contributed by atoms with Gasteiger partial charge in [-0.3, -0.25) is 0 Å². The van der Waals surface area contributed by atoms with Gasteiger partial charge in [-0.05, 0) is 18.6 Å². The topological polar surface area (TPSA) is 94.9 Å². The van der Waals surface area contributed by atoms with Gasteiger partial charge < -0.3 is 10.2 Å². The Morgan fingerprint density at radius 2 is 1.95 bits per heavy atom. The molecule has 1 aromatic carbocycles. The van der Waals surface area contributed by atoms with Crippen LogP contribution < -0.4 is 0 Å². The van der Waals surface area contributed by atoms with E-state index in [0.29, 0.717) is 0 Å². The van der Waals surface area contributed by atoms with Crippen molar-refractivity contribution in [1.82, 2.24) is 4.31 Å². The minimum atomic E-state index is -3.96. The number of aliphatic hydroxyl groups excluding tert-OH is 1. The molecule has 21 heavy (non-hydrogen) atoms. The predicted molar refractivity (Wildman–Crippen MR) is 79.6 cm³/mol. The molecule has 0 heterocycles. The monoisotopic (exact) mass is 355 g/mol. The van der Waals surface area contributed by atoms with Crippen LogP contribution in [0, 0.1) is 0 Å². The third kappa shape index (κ3) is 3.87. The first-order chi connectivity index (χ1) is 9.77. The van der Waals surface area contributed by atoms with Gasteiger partial charge in [0.25, 0.3) is 0 Å². The van der Waals surface area contributed by atoms with Crippen LogP contribution >= 0.6 is 23.2 Å². The quantitative estimate of drug-likeness (QED) is 0.780. The Balaban J connectivity index is 3.38. The third-order valence-corrected chi connectivity index (χ3v) is 5.64. The van der Waals surface area contributed by atoms with Crippen molar-refractivity contribution in [3.05, 3.63) is 27.7 Å². The first-order valence-electron chi connectivity index (χ1n) is 6.09. The number of rotatable bonds is 7. The summed E-state index contributed by atoms with van der Waals surface area (Å²) in [4.78, 5) is 10.8. The van der Waals surface area contributed by atoms with E-state index in [9.17, 15) is 13.2 Å². The molecule has 0 saturated carbocycles. The molecule has 2 N–H and O–H groups in total. The van der Waals surface area contributed by atoms with Crippen molar-refractivity contribution < 1.29 is 23.4 Å². The molecule has 1 aromatic rings. The van der Waals surface area contributed by atoms with Crippen molar-refractivity contribution in [2.24, 2.45) is 0 Å². The molecule has 6 nitrogen and oxygen atoms in total. The zero-order valence-electron chi connectivity index (χ0n) is 11.2.